The lowest BCUT2D eigenvalue weighted by Crippen LogP contribution is -2.40. The molecule has 3 aromatic rings. The minimum absolute atomic E-state index is 0.103. The van der Waals surface area contributed by atoms with Crippen LogP contribution in [0.1, 0.15) is 17.5 Å². The summed E-state index contributed by atoms with van der Waals surface area (Å²) in [6, 6.07) is 16.8. The van der Waals surface area contributed by atoms with Crippen LogP contribution in [0.15, 0.2) is 65.6 Å². The fourth-order valence-electron chi connectivity index (χ4n) is 4.23. The molecule has 1 atom stereocenters. The molecule has 1 amide bonds. The Labute approximate surface area is 240 Å². The smallest absolute Gasteiger partial charge is 0.261 e. The van der Waals surface area contributed by atoms with E-state index in [1.807, 2.05) is 13.0 Å². The monoisotopic (exact) mass is 585 g/mol. The maximum atomic E-state index is 13.1. The molecule has 1 heterocycles. The van der Waals surface area contributed by atoms with E-state index in [2.05, 4.69) is 10.0 Å². The van der Waals surface area contributed by atoms with Crippen molar-refractivity contribution in [3.8, 4) is 17.2 Å². The molecule has 11 nitrogen and oxygen atoms in total. The van der Waals surface area contributed by atoms with Crippen molar-refractivity contribution < 1.29 is 37.4 Å². The van der Waals surface area contributed by atoms with Gasteiger partial charge in [0.2, 0.25) is 0 Å². The van der Waals surface area contributed by atoms with Crippen molar-refractivity contribution in [2.24, 2.45) is 0 Å². The average Bonchev–Trinajstić information content (AvgIpc) is 2.96. The number of para-hydroxylation sites is 1. The van der Waals surface area contributed by atoms with Crippen LogP contribution in [-0.4, -0.2) is 66.1 Å². The Morgan fingerprint density at radius 2 is 1.66 bits per heavy atom. The van der Waals surface area contributed by atoms with E-state index in [0.717, 1.165) is 16.2 Å². The van der Waals surface area contributed by atoms with Gasteiger partial charge >= 0.3 is 0 Å². The van der Waals surface area contributed by atoms with Crippen LogP contribution in [0.2, 0.25) is 0 Å². The predicted octanol–water partition coefficient (Wildman–Crippen LogP) is 3.05. The van der Waals surface area contributed by atoms with Crippen LogP contribution in [0.5, 0.6) is 17.2 Å². The molecule has 1 unspecified atom stereocenters. The molecule has 4 rings (SSSR count). The van der Waals surface area contributed by atoms with E-state index >= 15 is 0 Å². The second-order valence-electron chi connectivity index (χ2n) is 9.47. The average molecular weight is 586 g/mol. The summed E-state index contributed by atoms with van der Waals surface area (Å²) in [4.78, 5) is 18.7. The molecule has 0 saturated carbocycles. The van der Waals surface area contributed by atoms with Gasteiger partial charge in [0.1, 0.15) is 36.1 Å². The van der Waals surface area contributed by atoms with Crippen LogP contribution in [0.3, 0.4) is 0 Å². The number of sulfonamides is 1. The van der Waals surface area contributed by atoms with Gasteiger partial charge in [0.25, 0.3) is 15.9 Å². The molecule has 0 fully saturated rings. The zero-order valence-corrected chi connectivity index (χ0v) is 24.1. The molecule has 0 spiro atoms. The van der Waals surface area contributed by atoms with Crippen molar-refractivity contribution in [3.63, 3.8) is 0 Å². The summed E-state index contributed by atoms with van der Waals surface area (Å²) >= 11 is 0. The number of aliphatic hydroxyl groups excluding tert-OH is 1. The second-order valence-corrected chi connectivity index (χ2v) is 11.2. The highest BCUT2D eigenvalue weighted by Crippen LogP contribution is 2.36. The zero-order chi connectivity index (χ0) is 29.4. The molecule has 41 heavy (non-hydrogen) atoms. The van der Waals surface area contributed by atoms with Gasteiger partial charge in [0, 0.05) is 37.7 Å². The third-order valence-electron chi connectivity index (χ3n) is 6.38. The van der Waals surface area contributed by atoms with Gasteiger partial charge in [-0.1, -0.05) is 29.8 Å². The van der Waals surface area contributed by atoms with Crippen molar-refractivity contribution in [3.05, 3.63) is 71.8 Å². The molecule has 220 valence electrons. The highest BCUT2D eigenvalue weighted by Gasteiger charge is 2.30. The maximum absolute atomic E-state index is 13.1. The lowest BCUT2D eigenvalue weighted by atomic mass is 10.0. The standard InChI is InChI=1S/C29H35N3O8S/c1-20-7-10-26(11-8-20)41(35,36)31-27-6-4-5-21-9-12-28(34)32(29(21)27)40-19-22(33)18-30-13-14-39-25-16-23(37-2)15-24(17-25)38-3/h4-8,10-11,15-17,22,30-31,33H,9,12-14,18-19H2,1-3H3. The van der Waals surface area contributed by atoms with Crippen LogP contribution >= 0.6 is 0 Å². The number of nitrogens with one attached hydrogen (secondary N) is 2. The Morgan fingerprint density at radius 3 is 2.34 bits per heavy atom. The Balaban J connectivity index is 1.33. The number of hydroxylamine groups is 1. The number of amides is 1. The first-order valence-corrected chi connectivity index (χ1v) is 14.6. The van der Waals surface area contributed by atoms with Crippen molar-refractivity contribution >= 4 is 27.3 Å². The summed E-state index contributed by atoms with van der Waals surface area (Å²) in [5.41, 5.74) is 2.23. The summed E-state index contributed by atoms with van der Waals surface area (Å²) in [5.74, 6) is 1.48. The summed E-state index contributed by atoms with van der Waals surface area (Å²) in [5, 5.41) is 14.6. The molecule has 1 aliphatic rings. The van der Waals surface area contributed by atoms with E-state index in [1.54, 1.807) is 56.7 Å². The number of aryl methyl sites for hydroxylation is 2. The highest BCUT2D eigenvalue weighted by molar-refractivity contribution is 7.92. The summed E-state index contributed by atoms with van der Waals surface area (Å²) in [6.07, 6.45) is -0.305. The number of anilines is 2. The van der Waals surface area contributed by atoms with E-state index in [4.69, 9.17) is 19.0 Å². The Morgan fingerprint density at radius 1 is 0.976 bits per heavy atom. The maximum Gasteiger partial charge on any atom is 0.261 e. The van der Waals surface area contributed by atoms with E-state index < -0.39 is 16.1 Å². The number of rotatable bonds is 14. The van der Waals surface area contributed by atoms with E-state index in [-0.39, 0.29) is 36.1 Å². The number of nitrogens with zero attached hydrogens (tertiary/aromatic N) is 1. The van der Waals surface area contributed by atoms with E-state index in [0.29, 0.717) is 42.5 Å². The van der Waals surface area contributed by atoms with Crippen molar-refractivity contribution in [2.45, 2.75) is 30.8 Å². The first-order valence-electron chi connectivity index (χ1n) is 13.1. The fourth-order valence-corrected chi connectivity index (χ4v) is 5.30. The molecule has 3 N–H and O–H groups in total. The number of fused-ring (bicyclic) bond motifs is 1. The van der Waals surface area contributed by atoms with Gasteiger partial charge < -0.3 is 24.6 Å². The predicted molar refractivity (Wildman–Crippen MR) is 154 cm³/mol. The first-order chi connectivity index (χ1) is 19.7. The molecule has 0 radical (unpaired) electrons. The fraction of sp³-hybridized carbons (Fsp3) is 0.345. The molecular formula is C29H35N3O8S. The molecule has 0 aliphatic carbocycles. The minimum atomic E-state index is -3.91. The van der Waals surface area contributed by atoms with Gasteiger partial charge in [-0.3, -0.25) is 14.4 Å². The number of ether oxygens (including phenoxy) is 3. The third-order valence-corrected chi connectivity index (χ3v) is 7.76. The number of hydrogen-bond donors (Lipinski definition) is 3. The highest BCUT2D eigenvalue weighted by atomic mass is 32.2. The van der Waals surface area contributed by atoms with Gasteiger partial charge in [-0.05, 0) is 37.1 Å². The first kappa shape index (κ1) is 30.1. The Hall–Kier alpha value is -3.84. The summed E-state index contributed by atoms with van der Waals surface area (Å²) in [7, 11) is -0.791. The zero-order valence-electron chi connectivity index (χ0n) is 23.3. The molecule has 12 heteroatoms. The number of methoxy groups -OCH3 is 2. The van der Waals surface area contributed by atoms with Crippen LogP contribution in [0.4, 0.5) is 11.4 Å². The van der Waals surface area contributed by atoms with Crippen LogP contribution in [0, 0.1) is 6.92 Å². The number of carbonyl (C=O) groups is 1. The van der Waals surface area contributed by atoms with E-state index in [9.17, 15) is 18.3 Å². The molecule has 1 aliphatic heterocycles. The van der Waals surface area contributed by atoms with Crippen LogP contribution in [0.25, 0.3) is 0 Å². The molecular weight excluding hydrogens is 550 g/mol. The quantitative estimate of drug-likeness (QED) is 0.244. The topological polar surface area (TPSA) is 136 Å². The second kappa shape index (κ2) is 13.7. The van der Waals surface area contributed by atoms with Gasteiger partial charge in [-0.2, -0.15) is 5.06 Å². The Kier molecular flexibility index (Phi) is 10.1. The van der Waals surface area contributed by atoms with Gasteiger partial charge in [0.15, 0.2) is 0 Å². The molecule has 0 bridgehead atoms. The lowest BCUT2D eigenvalue weighted by Gasteiger charge is -2.31. The van der Waals surface area contributed by atoms with Crippen LogP contribution < -0.4 is 29.3 Å². The number of benzene rings is 3. The van der Waals surface area contributed by atoms with Gasteiger partial charge in [-0.15, -0.1) is 0 Å². The number of carbonyl (C=O) groups excluding carboxylic acids is 1. The van der Waals surface area contributed by atoms with Gasteiger partial charge in [0.05, 0.1) is 30.9 Å². The molecule has 0 saturated heterocycles. The number of hydrogen-bond acceptors (Lipinski definition) is 9. The van der Waals surface area contributed by atoms with Crippen molar-refractivity contribution in [1.29, 1.82) is 0 Å². The normalized spacial score (nSPS) is 13.9. The van der Waals surface area contributed by atoms with Crippen LogP contribution in [-0.2, 0) is 26.1 Å². The summed E-state index contributed by atoms with van der Waals surface area (Å²) < 4.78 is 44.9. The minimum Gasteiger partial charge on any atom is -0.496 e. The SMILES string of the molecule is COc1cc(OC)cc(OCCNCC(O)CON2C(=O)CCc3cccc(NS(=O)(=O)c4ccc(C)cc4)c32)c1. The Bertz CT molecular complexity index is 1420. The number of aliphatic hydroxyl groups is 1. The van der Waals surface area contributed by atoms with E-state index in [1.165, 1.54) is 12.1 Å². The van der Waals surface area contributed by atoms with Gasteiger partial charge in [-0.25, -0.2) is 8.42 Å². The summed E-state index contributed by atoms with van der Waals surface area (Å²) in [6.45, 7) is 2.63. The largest absolute Gasteiger partial charge is 0.496 e. The third kappa shape index (κ3) is 7.88. The van der Waals surface area contributed by atoms with Crippen molar-refractivity contribution in [2.75, 3.05) is 50.3 Å². The molecule has 3 aromatic carbocycles. The lowest BCUT2D eigenvalue weighted by molar-refractivity contribution is -0.127. The molecule has 0 aromatic heterocycles. The van der Waals surface area contributed by atoms with Crippen molar-refractivity contribution in [1.82, 2.24) is 5.32 Å².